The molecule has 106 valence electrons. The van der Waals surface area contributed by atoms with Crippen LogP contribution < -0.4 is 15.8 Å². The third-order valence-corrected chi connectivity index (χ3v) is 2.20. The van der Waals surface area contributed by atoms with Crippen LogP contribution >= 0.6 is 0 Å². The van der Waals surface area contributed by atoms with Crippen molar-refractivity contribution in [1.29, 1.82) is 0 Å². The SMILES string of the molecule is CC(CC(F)(F)F)NC(=O)COc1ccc(N)cc1. The second kappa shape index (κ2) is 6.31. The highest BCUT2D eigenvalue weighted by molar-refractivity contribution is 5.77. The molecule has 1 unspecified atom stereocenters. The first-order valence-electron chi connectivity index (χ1n) is 5.61. The first-order valence-corrected chi connectivity index (χ1v) is 5.61. The van der Waals surface area contributed by atoms with Crippen LogP contribution in [0.4, 0.5) is 18.9 Å². The third-order valence-electron chi connectivity index (χ3n) is 2.20. The number of amides is 1. The summed E-state index contributed by atoms with van der Waals surface area (Å²) in [4.78, 5) is 11.4. The number of alkyl halides is 3. The molecule has 0 saturated carbocycles. The van der Waals surface area contributed by atoms with Crippen molar-refractivity contribution in [2.45, 2.75) is 25.6 Å². The van der Waals surface area contributed by atoms with Crippen molar-refractivity contribution in [3.8, 4) is 5.75 Å². The van der Waals surface area contributed by atoms with E-state index < -0.39 is 24.5 Å². The zero-order valence-corrected chi connectivity index (χ0v) is 10.3. The van der Waals surface area contributed by atoms with Gasteiger partial charge < -0.3 is 15.8 Å². The monoisotopic (exact) mass is 276 g/mol. The molecule has 1 atom stereocenters. The van der Waals surface area contributed by atoms with Crippen molar-refractivity contribution >= 4 is 11.6 Å². The van der Waals surface area contributed by atoms with Gasteiger partial charge in [-0.15, -0.1) is 0 Å². The predicted molar refractivity (Wildman–Crippen MR) is 64.6 cm³/mol. The number of benzene rings is 1. The normalized spacial score (nSPS) is 12.8. The molecule has 0 aliphatic carbocycles. The van der Waals surface area contributed by atoms with Crippen LogP contribution in [0.3, 0.4) is 0 Å². The Hall–Kier alpha value is -1.92. The van der Waals surface area contributed by atoms with Crippen molar-refractivity contribution in [2.24, 2.45) is 0 Å². The molecule has 0 aliphatic heterocycles. The first kappa shape index (κ1) is 15.1. The maximum Gasteiger partial charge on any atom is 0.391 e. The fraction of sp³-hybridized carbons (Fsp3) is 0.417. The standard InChI is InChI=1S/C12H15F3N2O2/c1-8(6-12(13,14)15)17-11(18)7-19-10-4-2-9(16)3-5-10/h2-5,8H,6-7,16H2,1H3,(H,17,18). The van der Waals surface area contributed by atoms with Gasteiger partial charge in [0, 0.05) is 11.7 Å². The lowest BCUT2D eigenvalue weighted by molar-refractivity contribution is -0.141. The van der Waals surface area contributed by atoms with E-state index in [1.807, 2.05) is 0 Å². The summed E-state index contributed by atoms with van der Waals surface area (Å²) in [7, 11) is 0. The van der Waals surface area contributed by atoms with Gasteiger partial charge in [-0.3, -0.25) is 4.79 Å². The van der Waals surface area contributed by atoms with E-state index in [2.05, 4.69) is 5.32 Å². The molecule has 0 fully saturated rings. The number of hydrogen-bond donors (Lipinski definition) is 2. The second-order valence-corrected chi connectivity index (χ2v) is 4.15. The Morgan fingerprint density at radius 3 is 2.47 bits per heavy atom. The number of carbonyl (C=O) groups is 1. The lowest BCUT2D eigenvalue weighted by atomic mass is 10.2. The molecule has 1 aromatic rings. The van der Waals surface area contributed by atoms with Gasteiger partial charge in [-0.05, 0) is 31.2 Å². The molecule has 1 aromatic carbocycles. The van der Waals surface area contributed by atoms with E-state index in [9.17, 15) is 18.0 Å². The number of hydrogen-bond acceptors (Lipinski definition) is 3. The molecule has 4 nitrogen and oxygen atoms in total. The molecule has 0 heterocycles. The van der Waals surface area contributed by atoms with E-state index in [-0.39, 0.29) is 6.61 Å². The molecule has 7 heteroatoms. The van der Waals surface area contributed by atoms with Crippen LogP contribution in [0, 0.1) is 0 Å². The summed E-state index contributed by atoms with van der Waals surface area (Å²) < 4.78 is 41.3. The Balaban J connectivity index is 2.33. The van der Waals surface area contributed by atoms with Crippen molar-refractivity contribution < 1.29 is 22.7 Å². The molecule has 0 saturated heterocycles. The Labute approximate surface area is 108 Å². The minimum absolute atomic E-state index is 0.341. The molecule has 19 heavy (non-hydrogen) atoms. The molecule has 1 rings (SSSR count). The topological polar surface area (TPSA) is 64.3 Å². The van der Waals surface area contributed by atoms with E-state index >= 15 is 0 Å². The Kier molecular flexibility index (Phi) is 5.02. The number of ether oxygens (including phenoxy) is 1. The largest absolute Gasteiger partial charge is 0.484 e. The van der Waals surface area contributed by atoms with Crippen molar-refractivity contribution in [3.05, 3.63) is 24.3 Å². The van der Waals surface area contributed by atoms with Gasteiger partial charge in [0.25, 0.3) is 5.91 Å². The van der Waals surface area contributed by atoms with Crippen molar-refractivity contribution in [2.75, 3.05) is 12.3 Å². The molecule has 0 radical (unpaired) electrons. The molecule has 0 aromatic heterocycles. The van der Waals surface area contributed by atoms with Crippen LogP contribution in [0.15, 0.2) is 24.3 Å². The molecule has 0 bridgehead atoms. The minimum Gasteiger partial charge on any atom is -0.484 e. The number of anilines is 1. The van der Waals surface area contributed by atoms with E-state index in [1.165, 1.54) is 6.92 Å². The zero-order chi connectivity index (χ0) is 14.5. The fourth-order valence-corrected chi connectivity index (χ4v) is 1.43. The van der Waals surface area contributed by atoms with Crippen LogP contribution in [0.2, 0.25) is 0 Å². The van der Waals surface area contributed by atoms with Crippen LogP contribution in [0.25, 0.3) is 0 Å². The van der Waals surface area contributed by atoms with Gasteiger partial charge in [0.2, 0.25) is 0 Å². The number of rotatable bonds is 5. The smallest absolute Gasteiger partial charge is 0.391 e. The quantitative estimate of drug-likeness (QED) is 0.809. The van der Waals surface area contributed by atoms with E-state index in [0.29, 0.717) is 11.4 Å². The molecule has 3 N–H and O–H groups in total. The summed E-state index contributed by atoms with van der Waals surface area (Å²) in [6.07, 6.45) is -5.37. The zero-order valence-electron chi connectivity index (χ0n) is 10.3. The number of carbonyl (C=O) groups excluding carboxylic acids is 1. The summed E-state index contributed by atoms with van der Waals surface area (Å²) >= 11 is 0. The minimum atomic E-state index is -4.30. The summed E-state index contributed by atoms with van der Waals surface area (Å²) in [6, 6.07) is 5.35. The van der Waals surface area contributed by atoms with E-state index in [4.69, 9.17) is 10.5 Å². The van der Waals surface area contributed by atoms with E-state index in [1.54, 1.807) is 24.3 Å². The molecule has 0 aliphatic rings. The highest BCUT2D eigenvalue weighted by atomic mass is 19.4. The highest BCUT2D eigenvalue weighted by Gasteiger charge is 2.30. The number of halogens is 3. The predicted octanol–water partition coefficient (Wildman–Crippen LogP) is 2.10. The maximum absolute atomic E-state index is 12.1. The Morgan fingerprint density at radius 2 is 1.95 bits per heavy atom. The van der Waals surface area contributed by atoms with Crippen molar-refractivity contribution in [1.82, 2.24) is 5.32 Å². The van der Waals surface area contributed by atoms with Gasteiger partial charge in [0.15, 0.2) is 6.61 Å². The van der Waals surface area contributed by atoms with Crippen LogP contribution in [-0.4, -0.2) is 24.7 Å². The number of nitrogens with two attached hydrogens (primary N) is 1. The summed E-state index contributed by atoms with van der Waals surface area (Å²) in [5.74, 6) is -0.179. The van der Waals surface area contributed by atoms with Crippen LogP contribution in [0.5, 0.6) is 5.75 Å². The van der Waals surface area contributed by atoms with Crippen LogP contribution in [-0.2, 0) is 4.79 Å². The molecule has 1 amide bonds. The maximum atomic E-state index is 12.1. The Morgan fingerprint density at radius 1 is 1.37 bits per heavy atom. The van der Waals surface area contributed by atoms with Gasteiger partial charge in [-0.25, -0.2) is 0 Å². The molecular weight excluding hydrogens is 261 g/mol. The average molecular weight is 276 g/mol. The lowest BCUT2D eigenvalue weighted by Gasteiger charge is -2.16. The highest BCUT2D eigenvalue weighted by Crippen LogP contribution is 2.21. The van der Waals surface area contributed by atoms with Crippen molar-refractivity contribution in [3.63, 3.8) is 0 Å². The number of nitrogens with one attached hydrogen (secondary N) is 1. The molecule has 0 spiro atoms. The summed E-state index contributed by atoms with van der Waals surface area (Å²) in [6.45, 7) is 0.945. The van der Waals surface area contributed by atoms with Gasteiger partial charge in [-0.1, -0.05) is 0 Å². The van der Waals surface area contributed by atoms with Gasteiger partial charge in [-0.2, -0.15) is 13.2 Å². The Bertz CT molecular complexity index is 418. The van der Waals surface area contributed by atoms with Gasteiger partial charge in [0.1, 0.15) is 5.75 Å². The van der Waals surface area contributed by atoms with Gasteiger partial charge >= 0.3 is 6.18 Å². The summed E-state index contributed by atoms with van der Waals surface area (Å²) in [5.41, 5.74) is 6.02. The summed E-state index contributed by atoms with van der Waals surface area (Å²) in [5, 5.41) is 2.21. The second-order valence-electron chi connectivity index (χ2n) is 4.15. The first-order chi connectivity index (χ1) is 8.76. The average Bonchev–Trinajstić information content (AvgIpc) is 2.25. The molecular formula is C12H15F3N2O2. The number of nitrogen functional groups attached to an aromatic ring is 1. The van der Waals surface area contributed by atoms with Crippen LogP contribution in [0.1, 0.15) is 13.3 Å². The third kappa shape index (κ3) is 6.54. The lowest BCUT2D eigenvalue weighted by Crippen LogP contribution is -2.38. The van der Waals surface area contributed by atoms with E-state index in [0.717, 1.165) is 0 Å². The van der Waals surface area contributed by atoms with Gasteiger partial charge in [0.05, 0.1) is 6.42 Å². The fourth-order valence-electron chi connectivity index (χ4n) is 1.43.